The third-order valence-electron chi connectivity index (χ3n) is 5.41. The number of para-hydroxylation sites is 1. The maximum atomic E-state index is 13.2. The van der Waals surface area contributed by atoms with Crippen molar-refractivity contribution < 1.29 is 14.0 Å². The minimum atomic E-state index is -0.336. The Morgan fingerprint density at radius 3 is 2.34 bits per heavy atom. The smallest absolute Gasteiger partial charge is 0.291 e. The highest BCUT2D eigenvalue weighted by Gasteiger charge is 2.18. The van der Waals surface area contributed by atoms with Gasteiger partial charge in [-0.3, -0.25) is 9.59 Å². The molecule has 5 aromatic rings. The molecular formula is C28H22N4O3. The zero-order valence-electron chi connectivity index (χ0n) is 18.7. The van der Waals surface area contributed by atoms with Crippen LogP contribution in [0.15, 0.2) is 114 Å². The third-order valence-corrected chi connectivity index (χ3v) is 5.41. The zero-order chi connectivity index (χ0) is 24.0. The van der Waals surface area contributed by atoms with E-state index in [1.807, 2.05) is 78.9 Å². The molecule has 0 aliphatic heterocycles. The topological polar surface area (TPSA) is 89.2 Å². The normalized spacial score (nSPS) is 10.6. The molecule has 0 fully saturated rings. The Morgan fingerprint density at radius 2 is 1.60 bits per heavy atom. The second kappa shape index (κ2) is 9.93. The van der Waals surface area contributed by atoms with Gasteiger partial charge in [-0.1, -0.05) is 60.7 Å². The number of hydrogen-bond donors (Lipinski definition) is 2. The summed E-state index contributed by atoms with van der Waals surface area (Å²) in [7, 11) is 0. The van der Waals surface area contributed by atoms with Gasteiger partial charge in [0, 0.05) is 24.0 Å². The molecule has 7 heteroatoms. The molecule has 7 nitrogen and oxygen atoms in total. The lowest BCUT2D eigenvalue weighted by atomic mass is 10.1. The van der Waals surface area contributed by atoms with Gasteiger partial charge in [-0.05, 0) is 42.0 Å². The number of carbonyl (C=O) groups is 2. The van der Waals surface area contributed by atoms with Crippen molar-refractivity contribution >= 4 is 17.5 Å². The second-order valence-electron chi connectivity index (χ2n) is 7.85. The van der Waals surface area contributed by atoms with E-state index in [9.17, 15) is 9.59 Å². The average molecular weight is 463 g/mol. The number of nitrogens with zero attached hydrogens (tertiary/aromatic N) is 2. The molecule has 0 aliphatic carbocycles. The first-order chi connectivity index (χ1) is 17.2. The van der Waals surface area contributed by atoms with Gasteiger partial charge in [-0.2, -0.15) is 5.10 Å². The molecule has 0 atom stereocenters. The highest BCUT2D eigenvalue weighted by molar-refractivity contribution is 6.02. The van der Waals surface area contributed by atoms with E-state index in [4.69, 9.17) is 9.52 Å². The molecule has 3 aromatic carbocycles. The van der Waals surface area contributed by atoms with Crippen LogP contribution in [0.25, 0.3) is 16.9 Å². The molecule has 2 amide bonds. The van der Waals surface area contributed by atoms with Gasteiger partial charge in [0.15, 0.2) is 5.76 Å². The fourth-order valence-corrected chi connectivity index (χ4v) is 3.70. The van der Waals surface area contributed by atoms with E-state index < -0.39 is 0 Å². The van der Waals surface area contributed by atoms with Crippen LogP contribution in [-0.4, -0.2) is 21.6 Å². The molecular weight excluding hydrogens is 440 g/mol. The number of anilines is 1. The second-order valence-corrected chi connectivity index (χ2v) is 7.85. The Balaban J connectivity index is 1.34. The molecule has 0 radical (unpaired) electrons. The number of amides is 2. The first kappa shape index (κ1) is 21.9. The quantitative estimate of drug-likeness (QED) is 0.343. The van der Waals surface area contributed by atoms with Crippen molar-refractivity contribution in [3.05, 3.63) is 126 Å². The Labute approximate surface area is 202 Å². The van der Waals surface area contributed by atoms with E-state index >= 15 is 0 Å². The summed E-state index contributed by atoms with van der Waals surface area (Å²) in [6.45, 7) is 0.286. The fraction of sp³-hybridized carbons (Fsp3) is 0.0357. The molecule has 35 heavy (non-hydrogen) atoms. The summed E-state index contributed by atoms with van der Waals surface area (Å²) >= 11 is 0. The standard InChI is InChI=1S/C28H22N4O3/c33-27(29-18-20-9-7-12-22(17-20)30-28(34)25-15-8-16-35-25)24-19-32(23-13-5-2-6-14-23)31-26(24)21-10-3-1-4-11-21/h1-17,19H,18H2,(H,29,33)(H,30,34). The summed E-state index contributed by atoms with van der Waals surface area (Å²) in [4.78, 5) is 25.5. The minimum absolute atomic E-state index is 0.229. The van der Waals surface area contributed by atoms with E-state index in [2.05, 4.69) is 10.6 Å². The minimum Gasteiger partial charge on any atom is -0.459 e. The number of nitrogens with one attached hydrogen (secondary N) is 2. The number of rotatable bonds is 7. The molecule has 2 aromatic heterocycles. The lowest BCUT2D eigenvalue weighted by molar-refractivity contribution is 0.0950. The molecule has 5 rings (SSSR count). The largest absolute Gasteiger partial charge is 0.459 e. The number of hydrogen-bond acceptors (Lipinski definition) is 4. The van der Waals surface area contributed by atoms with Crippen molar-refractivity contribution in [3.8, 4) is 16.9 Å². The Morgan fingerprint density at radius 1 is 0.829 bits per heavy atom. The molecule has 0 unspecified atom stereocenters. The van der Waals surface area contributed by atoms with Gasteiger partial charge >= 0.3 is 0 Å². The number of aromatic nitrogens is 2. The van der Waals surface area contributed by atoms with E-state index in [0.717, 1.165) is 16.8 Å². The molecule has 0 saturated carbocycles. The van der Waals surface area contributed by atoms with Gasteiger partial charge in [-0.25, -0.2) is 4.68 Å². The van der Waals surface area contributed by atoms with Crippen LogP contribution in [0.3, 0.4) is 0 Å². The lowest BCUT2D eigenvalue weighted by Gasteiger charge is -2.08. The van der Waals surface area contributed by atoms with Crippen molar-refractivity contribution in [2.75, 3.05) is 5.32 Å². The van der Waals surface area contributed by atoms with Gasteiger partial charge in [0.1, 0.15) is 5.69 Å². The van der Waals surface area contributed by atoms with Crippen LogP contribution in [0, 0.1) is 0 Å². The first-order valence-corrected chi connectivity index (χ1v) is 11.1. The van der Waals surface area contributed by atoms with Crippen LogP contribution in [0.2, 0.25) is 0 Å². The van der Waals surface area contributed by atoms with Crippen LogP contribution >= 0.6 is 0 Å². The van der Waals surface area contributed by atoms with Crippen LogP contribution in [-0.2, 0) is 6.54 Å². The van der Waals surface area contributed by atoms with Gasteiger partial charge in [0.25, 0.3) is 11.8 Å². The zero-order valence-corrected chi connectivity index (χ0v) is 18.7. The lowest BCUT2D eigenvalue weighted by Crippen LogP contribution is -2.23. The van der Waals surface area contributed by atoms with E-state index in [-0.39, 0.29) is 24.1 Å². The first-order valence-electron chi connectivity index (χ1n) is 11.1. The SMILES string of the molecule is O=C(Nc1cccc(CNC(=O)c2cn(-c3ccccc3)nc2-c2ccccc2)c1)c1ccco1. The molecule has 0 bridgehead atoms. The number of carbonyl (C=O) groups excluding carboxylic acids is 2. The van der Waals surface area contributed by atoms with Gasteiger partial charge < -0.3 is 15.1 Å². The summed E-state index contributed by atoms with van der Waals surface area (Å²) in [6, 6.07) is 29.8. The van der Waals surface area contributed by atoms with Gasteiger partial charge in [-0.15, -0.1) is 0 Å². The third kappa shape index (κ3) is 5.04. The molecule has 2 heterocycles. The van der Waals surface area contributed by atoms with E-state index in [0.29, 0.717) is 16.9 Å². The predicted octanol–water partition coefficient (Wildman–Crippen LogP) is 5.31. The maximum Gasteiger partial charge on any atom is 0.291 e. The predicted molar refractivity (Wildman–Crippen MR) is 133 cm³/mol. The van der Waals surface area contributed by atoms with Crippen LogP contribution in [0.1, 0.15) is 26.5 Å². The van der Waals surface area contributed by atoms with Crippen LogP contribution in [0.5, 0.6) is 0 Å². The van der Waals surface area contributed by atoms with Gasteiger partial charge in [0.05, 0.1) is 17.5 Å². The molecule has 0 saturated heterocycles. The Bertz CT molecular complexity index is 1440. The van der Waals surface area contributed by atoms with Crippen LogP contribution < -0.4 is 10.6 Å². The molecule has 2 N–H and O–H groups in total. The molecule has 0 spiro atoms. The van der Waals surface area contributed by atoms with Crippen molar-refractivity contribution in [1.29, 1.82) is 0 Å². The number of furan rings is 1. The van der Waals surface area contributed by atoms with Crippen molar-refractivity contribution in [2.24, 2.45) is 0 Å². The fourth-order valence-electron chi connectivity index (χ4n) is 3.70. The van der Waals surface area contributed by atoms with Crippen LogP contribution in [0.4, 0.5) is 5.69 Å². The van der Waals surface area contributed by atoms with E-state index in [1.165, 1.54) is 6.26 Å². The summed E-state index contributed by atoms with van der Waals surface area (Å²) in [5.74, 6) is -0.347. The van der Waals surface area contributed by atoms with Crippen molar-refractivity contribution in [2.45, 2.75) is 6.54 Å². The highest BCUT2D eigenvalue weighted by atomic mass is 16.3. The van der Waals surface area contributed by atoms with Crippen molar-refractivity contribution in [3.63, 3.8) is 0 Å². The summed E-state index contributed by atoms with van der Waals surface area (Å²) in [5.41, 5.74) is 4.25. The van der Waals surface area contributed by atoms with Gasteiger partial charge in [0.2, 0.25) is 0 Å². The monoisotopic (exact) mass is 462 g/mol. The Hall–Kier alpha value is -4.91. The highest BCUT2D eigenvalue weighted by Crippen LogP contribution is 2.24. The summed E-state index contributed by atoms with van der Waals surface area (Å²) in [5, 5.41) is 10.5. The number of benzene rings is 3. The molecule has 0 aliphatic rings. The van der Waals surface area contributed by atoms with Crippen molar-refractivity contribution in [1.82, 2.24) is 15.1 Å². The molecule has 172 valence electrons. The Kier molecular flexibility index (Phi) is 6.21. The average Bonchev–Trinajstić information content (AvgIpc) is 3.60. The maximum absolute atomic E-state index is 13.2. The summed E-state index contributed by atoms with van der Waals surface area (Å²) < 4.78 is 6.84. The summed E-state index contributed by atoms with van der Waals surface area (Å²) in [6.07, 6.45) is 3.19. The van der Waals surface area contributed by atoms with E-state index in [1.54, 1.807) is 29.1 Å².